The number of rotatable bonds is 3. The number of carbonyl (C=O) groups excluding carboxylic acids is 1. The number of benzene rings is 2. The quantitative estimate of drug-likeness (QED) is 0.940. The van der Waals surface area contributed by atoms with Gasteiger partial charge in [-0.1, -0.05) is 43.3 Å². The summed E-state index contributed by atoms with van der Waals surface area (Å²) < 4.78 is 13.9. The van der Waals surface area contributed by atoms with Crippen molar-refractivity contribution in [3.8, 4) is 0 Å². The fraction of sp³-hybridized carbons (Fsp3) is 0.350. The maximum absolute atomic E-state index is 13.9. The lowest BCUT2D eigenvalue weighted by molar-refractivity contribution is 0.0684. The largest absolute Gasteiger partial charge is 0.336 e. The molecule has 1 aliphatic rings. The minimum absolute atomic E-state index is 0.0923. The van der Waals surface area contributed by atoms with Gasteiger partial charge in [0.25, 0.3) is 5.91 Å². The van der Waals surface area contributed by atoms with E-state index in [1.165, 1.54) is 23.3 Å². The highest BCUT2D eigenvalue weighted by Gasteiger charge is 2.30. The van der Waals surface area contributed by atoms with E-state index in [9.17, 15) is 9.18 Å². The molecule has 4 heteroatoms. The summed E-state index contributed by atoms with van der Waals surface area (Å²) in [5, 5.41) is 0. The molecule has 1 aliphatic heterocycles. The van der Waals surface area contributed by atoms with Gasteiger partial charge in [-0.3, -0.25) is 4.79 Å². The maximum Gasteiger partial charge on any atom is 0.256 e. The average Bonchev–Trinajstić information content (AvgIpc) is 2.61. The number of hydrogen-bond donors (Lipinski definition) is 1. The van der Waals surface area contributed by atoms with E-state index in [0.717, 1.165) is 12.8 Å². The Hall–Kier alpha value is -2.20. The third kappa shape index (κ3) is 3.49. The van der Waals surface area contributed by atoms with Crippen molar-refractivity contribution in [2.75, 3.05) is 13.1 Å². The van der Waals surface area contributed by atoms with Crippen LogP contribution in [-0.4, -0.2) is 29.9 Å². The fourth-order valence-electron chi connectivity index (χ4n) is 3.38. The number of amides is 1. The first-order valence-electron chi connectivity index (χ1n) is 8.46. The lowest BCUT2D eigenvalue weighted by atomic mass is 9.87. The summed E-state index contributed by atoms with van der Waals surface area (Å²) in [6.07, 6.45) is 1.84. The van der Waals surface area contributed by atoms with Crippen LogP contribution in [0.1, 0.15) is 40.7 Å². The second kappa shape index (κ2) is 7.14. The monoisotopic (exact) mass is 326 g/mol. The topological polar surface area (TPSA) is 46.3 Å². The molecule has 0 aromatic heterocycles. The van der Waals surface area contributed by atoms with E-state index in [2.05, 4.69) is 31.2 Å². The van der Waals surface area contributed by atoms with E-state index in [0.29, 0.717) is 13.1 Å². The van der Waals surface area contributed by atoms with Crippen LogP contribution in [0.3, 0.4) is 0 Å². The van der Waals surface area contributed by atoms with Crippen LogP contribution < -0.4 is 5.73 Å². The number of aryl methyl sites for hydroxylation is 1. The number of hydrogen-bond acceptors (Lipinski definition) is 2. The van der Waals surface area contributed by atoms with Crippen LogP contribution in [0.25, 0.3) is 0 Å². The molecule has 0 spiro atoms. The Labute approximate surface area is 142 Å². The van der Waals surface area contributed by atoms with E-state index >= 15 is 0 Å². The molecule has 0 bridgehead atoms. The Morgan fingerprint density at radius 1 is 1.17 bits per heavy atom. The van der Waals surface area contributed by atoms with Crippen molar-refractivity contribution >= 4 is 5.91 Å². The second-order valence-electron chi connectivity index (χ2n) is 6.48. The zero-order chi connectivity index (χ0) is 17.1. The van der Waals surface area contributed by atoms with E-state index in [4.69, 9.17) is 5.73 Å². The highest BCUT2D eigenvalue weighted by Crippen LogP contribution is 2.28. The Balaban J connectivity index is 1.80. The zero-order valence-corrected chi connectivity index (χ0v) is 13.9. The molecule has 0 saturated carbocycles. The van der Waals surface area contributed by atoms with Crippen molar-refractivity contribution in [3.05, 3.63) is 71.0 Å². The Bertz CT molecular complexity index is 714. The number of piperidine rings is 1. The molecular formula is C20H23FN2O. The molecule has 3 nitrogen and oxygen atoms in total. The third-order valence-corrected chi connectivity index (χ3v) is 4.73. The molecule has 1 saturated heterocycles. The molecule has 2 unspecified atom stereocenters. The van der Waals surface area contributed by atoms with Crippen LogP contribution in [0.5, 0.6) is 0 Å². The molecule has 24 heavy (non-hydrogen) atoms. The summed E-state index contributed by atoms with van der Waals surface area (Å²) in [7, 11) is 0. The van der Waals surface area contributed by atoms with Gasteiger partial charge < -0.3 is 10.6 Å². The van der Waals surface area contributed by atoms with Crippen LogP contribution in [0, 0.1) is 5.82 Å². The zero-order valence-electron chi connectivity index (χ0n) is 13.9. The van der Waals surface area contributed by atoms with Gasteiger partial charge in [-0.2, -0.15) is 0 Å². The third-order valence-electron chi connectivity index (χ3n) is 4.73. The van der Waals surface area contributed by atoms with E-state index in [1.807, 2.05) is 0 Å². The van der Waals surface area contributed by atoms with Crippen molar-refractivity contribution in [1.82, 2.24) is 4.90 Å². The Kier molecular flexibility index (Phi) is 4.95. The number of halogens is 1. The summed E-state index contributed by atoms with van der Waals surface area (Å²) in [6, 6.07) is 14.5. The van der Waals surface area contributed by atoms with Gasteiger partial charge in [-0.05, 0) is 36.1 Å². The minimum Gasteiger partial charge on any atom is -0.336 e. The average molecular weight is 326 g/mol. The van der Waals surface area contributed by atoms with Crippen molar-refractivity contribution in [1.29, 1.82) is 0 Å². The Morgan fingerprint density at radius 3 is 2.54 bits per heavy atom. The molecule has 2 aromatic carbocycles. The summed E-state index contributed by atoms with van der Waals surface area (Å²) in [4.78, 5) is 14.4. The van der Waals surface area contributed by atoms with Crippen molar-refractivity contribution in [2.45, 2.75) is 31.7 Å². The van der Waals surface area contributed by atoms with Gasteiger partial charge in [-0.25, -0.2) is 4.39 Å². The van der Waals surface area contributed by atoms with E-state index in [-0.39, 0.29) is 23.4 Å². The summed E-state index contributed by atoms with van der Waals surface area (Å²) in [6.45, 7) is 3.17. The number of likely N-dealkylation sites (tertiary alicyclic amines) is 1. The van der Waals surface area contributed by atoms with Gasteiger partial charge in [0, 0.05) is 25.0 Å². The highest BCUT2D eigenvalue weighted by atomic mass is 19.1. The van der Waals surface area contributed by atoms with Crippen LogP contribution in [0.15, 0.2) is 48.5 Å². The first kappa shape index (κ1) is 16.7. The predicted octanol–water partition coefficient (Wildman–Crippen LogP) is 3.35. The molecule has 0 radical (unpaired) electrons. The summed E-state index contributed by atoms with van der Waals surface area (Å²) in [5.41, 5.74) is 8.77. The van der Waals surface area contributed by atoms with Crippen LogP contribution in [0.4, 0.5) is 4.39 Å². The molecule has 3 rings (SSSR count). The number of carbonyl (C=O) groups is 1. The smallest absolute Gasteiger partial charge is 0.256 e. The summed E-state index contributed by atoms with van der Waals surface area (Å²) in [5.74, 6) is -0.570. The maximum atomic E-state index is 13.9. The van der Waals surface area contributed by atoms with E-state index < -0.39 is 5.82 Å². The fourth-order valence-corrected chi connectivity index (χ4v) is 3.38. The predicted molar refractivity (Wildman–Crippen MR) is 93.5 cm³/mol. The van der Waals surface area contributed by atoms with Gasteiger partial charge >= 0.3 is 0 Å². The van der Waals surface area contributed by atoms with Crippen molar-refractivity contribution in [2.24, 2.45) is 5.73 Å². The molecule has 2 N–H and O–H groups in total. The van der Waals surface area contributed by atoms with Gasteiger partial charge in [0.2, 0.25) is 0 Å². The van der Waals surface area contributed by atoms with Crippen molar-refractivity contribution < 1.29 is 9.18 Å². The van der Waals surface area contributed by atoms with Gasteiger partial charge in [-0.15, -0.1) is 0 Å². The molecule has 1 fully saturated rings. The molecule has 126 valence electrons. The minimum atomic E-state index is -0.481. The molecule has 2 atom stereocenters. The van der Waals surface area contributed by atoms with Crippen LogP contribution in [-0.2, 0) is 6.42 Å². The normalized spacial score (nSPS) is 20.9. The molecule has 2 aromatic rings. The SMILES string of the molecule is CCc1ccc(C2CC(N)CN(C(=O)c3ccccc3F)C2)cc1. The second-order valence-corrected chi connectivity index (χ2v) is 6.48. The molecule has 1 amide bonds. The summed E-state index contributed by atoms with van der Waals surface area (Å²) >= 11 is 0. The number of nitrogens with zero attached hydrogens (tertiary/aromatic N) is 1. The van der Waals surface area contributed by atoms with Gasteiger partial charge in [0.15, 0.2) is 0 Å². The van der Waals surface area contributed by atoms with Crippen LogP contribution in [0.2, 0.25) is 0 Å². The van der Waals surface area contributed by atoms with Crippen LogP contribution >= 0.6 is 0 Å². The molecular weight excluding hydrogens is 303 g/mol. The first-order valence-corrected chi connectivity index (χ1v) is 8.46. The number of nitrogens with two attached hydrogens (primary N) is 1. The van der Waals surface area contributed by atoms with Gasteiger partial charge in [0.1, 0.15) is 5.82 Å². The van der Waals surface area contributed by atoms with Gasteiger partial charge in [0.05, 0.1) is 5.56 Å². The standard InChI is InChI=1S/C20H23FN2O/c1-2-14-7-9-15(10-8-14)16-11-17(22)13-23(12-16)20(24)18-5-3-4-6-19(18)21/h3-10,16-17H,2,11-13,22H2,1H3. The highest BCUT2D eigenvalue weighted by molar-refractivity contribution is 5.94. The van der Waals surface area contributed by atoms with E-state index in [1.54, 1.807) is 17.0 Å². The van der Waals surface area contributed by atoms with Crippen molar-refractivity contribution in [3.63, 3.8) is 0 Å². The molecule has 0 aliphatic carbocycles. The lowest BCUT2D eigenvalue weighted by Crippen LogP contribution is -2.48. The molecule has 1 heterocycles. The lowest BCUT2D eigenvalue weighted by Gasteiger charge is -2.36. The Morgan fingerprint density at radius 2 is 1.88 bits per heavy atom. The first-order chi connectivity index (χ1) is 11.6.